The van der Waals surface area contributed by atoms with Gasteiger partial charge in [-0.25, -0.2) is 4.98 Å². The summed E-state index contributed by atoms with van der Waals surface area (Å²) in [5.41, 5.74) is 5.83. The first-order valence-electron chi connectivity index (χ1n) is 12.3. The van der Waals surface area contributed by atoms with E-state index in [0.717, 1.165) is 53.9 Å². The van der Waals surface area contributed by atoms with Crippen LogP contribution >= 0.6 is 0 Å². The lowest BCUT2D eigenvalue weighted by Gasteiger charge is -2.29. The number of hydrogen-bond acceptors (Lipinski definition) is 3. The van der Waals surface area contributed by atoms with Crippen molar-refractivity contribution in [2.24, 2.45) is 0 Å². The Labute approximate surface area is 205 Å². The molecule has 5 rings (SSSR count). The second kappa shape index (κ2) is 10.1. The van der Waals surface area contributed by atoms with Gasteiger partial charge in [0.25, 0.3) is 5.91 Å². The number of nitrogens with one attached hydrogen (secondary N) is 1. The molecule has 6 nitrogen and oxygen atoms in total. The monoisotopic (exact) mass is 466 g/mol. The molecule has 0 atom stereocenters. The van der Waals surface area contributed by atoms with Gasteiger partial charge in [-0.15, -0.1) is 0 Å². The Kier molecular flexibility index (Phi) is 6.62. The fourth-order valence-electron chi connectivity index (χ4n) is 4.84. The molecule has 35 heavy (non-hydrogen) atoms. The molecule has 0 saturated carbocycles. The van der Waals surface area contributed by atoms with Gasteiger partial charge >= 0.3 is 0 Å². The van der Waals surface area contributed by atoms with E-state index >= 15 is 0 Å². The zero-order chi connectivity index (χ0) is 24.2. The van der Waals surface area contributed by atoms with Gasteiger partial charge in [-0.1, -0.05) is 48.0 Å². The second-order valence-electron chi connectivity index (χ2n) is 9.11. The molecule has 3 aromatic carbocycles. The standard InChI is InChI=1S/C29H30N4O2/c1-21-9-6-11-23(19-21)29(35)30-17-7-16-27-31-24-13-3-5-15-26(24)33(27)20-28(34)32-18-8-12-22-10-2-4-14-25(22)32/h2-6,9-11,13-15,19H,7-8,12,16-18,20H2,1H3,(H,30,35). The van der Waals surface area contributed by atoms with Crippen molar-refractivity contribution in [3.8, 4) is 0 Å². The summed E-state index contributed by atoms with van der Waals surface area (Å²) < 4.78 is 2.04. The summed E-state index contributed by atoms with van der Waals surface area (Å²) in [7, 11) is 0. The van der Waals surface area contributed by atoms with Crippen LogP contribution in [0.2, 0.25) is 0 Å². The molecular formula is C29H30N4O2. The molecule has 6 heteroatoms. The van der Waals surface area contributed by atoms with Crippen LogP contribution in [0.15, 0.2) is 72.8 Å². The fraction of sp³-hybridized carbons (Fsp3) is 0.276. The van der Waals surface area contributed by atoms with Crippen molar-refractivity contribution in [3.63, 3.8) is 0 Å². The maximum atomic E-state index is 13.4. The van der Waals surface area contributed by atoms with E-state index in [2.05, 4.69) is 11.4 Å². The van der Waals surface area contributed by atoms with Crippen LogP contribution in [0.1, 0.15) is 40.2 Å². The van der Waals surface area contributed by atoms with Crippen LogP contribution in [0.25, 0.3) is 11.0 Å². The normalized spacial score (nSPS) is 13.0. The van der Waals surface area contributed by atoms with E-state index in [4.69, 9.17) is 4.98 Å². The van der Waals surface area contributed by atoms with Gasteiger partial charge in [-0.3, -0.25) is 9.59 Å². The van der Waals surface area contributed by atoms with Gasteiger partial charge in [-0.2, -0.15) is 0 Å². The Bertz CT molecular complexity index is 1370. The molecule has 178 valence electrons. The second-order valence-corrected chi connectivity index (χ2v) is 9.11. The lowest BCUT2D eigenvalue weighted by atomic mass is 10.0. The molecule has 0 spiro atoms. The van der Waals surface area contributed by atoms with Crippen molar-refractivity contribution in [3.05, 3.63) is 95.3 Å². The third-order valence-electron chi connectivity index (χ3n) is 6.58. The van der Waals surface area contributed by atoms with Gasteiger partial charge in [0.1, 0.15) is 12.4 Å². The van der Waals surface area contributed by atoms with E-state index in [1.165, 1.54) is 5.56 Å². The summed E-state index contributed by atoms with van der Waals surface area (Å²) in [4.78, 5) is 32.6. The van der Waals surface area contributed by atoms with Crippen molar-refractivity contribution >= 4 is 28.5 Å². The highest BCUT2D eigenvalue weighted by molar-refractivity contribution is 5.95. The van der Waals surface area contributed by atoms with Gasteiger partial charge in [0.2, 0.25) is 5.91 Å². The predicted molar refractivity (Wildman–Crippen MR) is 139 cm³/mol. The van der Waals surface area contributed by atoms with Crippen molar-refractivity contribution in [1.82, 2.24) is 14.9 Å². The number of para-hydroxylation sites is 3. The minimum atomic E-state index is -0.0684. The third kappa shape index (κ3) is 4.97. The maximum Gasteiger partial charge on any atom is 0.251 e. The van der Waals surface area contributed by atoms with Crippen LogP contribution in [-0.4, -0.2) is 34.5 Å². The summed E-state index contributed by atoms with van der Waals surface area (Å²) in [6.45, 7) is 3.51. The molecule has 1 aliphatic rings. The Morgan fingerprint density at radius 1 is 1.00 bits per heavy atom. The third-order valence-corrected chi connectivity index (χ3v) is 6.58. The first-order valence-corrected chi connectivity index (χ1v) is 12.3. The highest BCUT2D eigenvalue weighted by Crippen LogP contribution is 2.27. The molecule has 0 aliphatic carbocycles. The van der Waals surface area contributed by atoms with E-state index in [1.807, 2.05) is 83.1 Å². The molecule has 0 saturated heterocycles. The number of carbonyl (C=O) groups excluding carboxylic acids is 2. The molecule has 2 heterocycles. The van der Waals surface area contributed by atoms with Crippen LogP contribution in [0.5, 0.6) is 0 Å². The molecule has 1 aliphatic heterocycles. The van der Waals surface area contributed by atoms with Crippen molar-refractivity contribution in [2.75, 3.05) is 18.0 Å². The zero-order valence-electron chi connectivity index (χ0n) is 20.0. The van der Waals surface area contributed by atoms with Gasteiger partial charge in [0, 0.05) is 30.8 Å². The van der Waals surface area contributed by atoms with Crippen LogP contribution < -0.4 is 10.2 Å². The SMILES string of the molecule is Cc1cccc(C(=O)NCCCc2nc3ccccc3n2CC(=O)N2CCCc3ccccc32)c1. The van der Waals surface area contributed by atoms with Crippen molar-refractivity contribution in [1.29, 1.82) is 0 Å². The lowest BCUT2D eigenvalue weighted by Crippen LogP contribution is -2.38. The summed E-state index contributed by atoms with van der Waals surface area (Å²) in [6, 6.07) is 23.7. The number of fused-ring (bicyclic) bond motifs is 2. The van der Waals surface area contributed by atoms with Gasteiger partial charge < -0.3 is 14.8 Å². The molecule has 0 radical (unpaired) electrons. The number of amides is 2. The van der Waals surface area contributed by atoms with Crippen LogP contribution in [0, 0.1) is 6.92 Å². The Hall–Kier alpha value is -3.93. The summed E-state index contributed by atoms with van der Waals surface area (Å²) in [6.07, 6.45) is 3.39. The number of imidazole rings is 1. The summed E-state index contributed by atoms with van der Waals surface area (Å²) >= 11 is 0. The number of benzene rings is 3. The van der Waals surface area contributed by atoms with Crippen molar-refractivity contribution < 1.29 is 9.59 Å². The average molecular weight is 467 g/mol. The summed E-state index contributed by atoms with van der Waals surface area (Å²) in [5, 5.41) is 3.00. The number of aryl methyl sites for hydroxylation is 3. The average Bonchev–Trinajstić information content (AvgIpc) is 3.23. The van der Waals surface area contributed by atoms with E-state index < -0.39 is 0 Å². The van der Waals surface area contributed by atoms with Gasteiger partial charge in [0.05, 0.1) is 11.0 Å². The Morgan fingerprint density at radius 3 is 2.71 bits per heavy atom. The Balaban J connectivity index is 1.29. The van der Waals surface area contributed by atoms with Crippen LogP contribution in [0.4, 0.5) is 5.69 Å². The highest BCUT2D eigenvalue weighted by atomic mass is 16.2. The van der Waals surface area contributed by atoms with E-state index in [9.17, 15) is 9.59 Å². The number of nitrogens with zero attached hydrogens (tertiary/aromatic N) is 3. The minimum Gasteiger partial charge on any atom is -0.352 e. The number of aromatic nitrogens is 2. The predicted octanol–water partition coefficient (Wildman–Crippen LogP) is 4.69. The maximum absolute atomic E-state index is 13.4. The summed E-state index contributed by atoms with van der Waals surface area (Å²) in [5.74, 6) is 0.880. The molecule has 0 bridgehead atoms. The molecule has 1 N–H and O–H groups in total. The molecular weight excluding hydrogens is 436 g/mol. The number of anilines is 1. The smallest absolute Gasteiger partial charge is 0.251 e. The first kappa shape index (κ1) is 22.8. The largest absolute Gasteiger partial charge is 0.352 e. The first-order chi connectivity index (χ1) is 17.1. The molecule has 0 unspecified atom stereocenters. The molecule has 2 amide bonds. The lowest BCUT2D eigenvalue weighted by molar-refractivity contribution is -0.119. The van der Waals surface area contributed by atoms with Crippen molar-refractivity contribution in [2.45, 2.75) is 39.2 Å². The number of carbonyl (C=O) groups is 2. The quantitative estimate of drug-likeness (QED) is 0.402. The van der Waals surface area contributed by atoms with Gasteiger partial charge in [-0.05, 0) is 62.1 Å². The number of rotatable bonds is 7. The van der Waals surface area contributed by atoms with Crippen LogP contribution in [-0.2, 0) is 24.2 Å². The molecule has 0 fully saturated rings. The topological polar surface area (TPSA) is 67.2 Å². The van der Waals surface area contributed by atoms with Gasteiger partial charge in [0.15, 0.2) is 0 Å². The van der Waals surface area contributed by atoms with Crippen LogP contribution in [0.3, 0.4) is 0 Å². The minimum absolute atomic E-state index is 0.0684. The Morgan fingerprint density at radius 2 is 1.83 bits per heavy atom. The van der Waals surface area contributed by atoms with E-state index in [-0.39, 0.29) is 18.4 Å². The highest BCUT2D eigenvalue weighted by Gasteiger charge is 2.24. The number of hydrogen-bond donors (Lipinski definition) is 1. The van der Waals surface area contributed by atoms with E-state index in [1.54, 1.807) is 0 Å². The fourth-order valence-corrected chi connectivity index (χ4v) is 4.84. The zero-order valence-corrected chi connectivity index (χ0v) is 20.0. The molecule has 4 aromatic rings. The molecule has 1 aromatic heterocycles. The van der Waals surface area contributed by atoms with E-state index in [0.29, 0.717) is 18.5 Å².